The lowest BCUT2D eigenvalue weighted by Gasteiger charge is -2.14. The average molecular weight is 496 g/mol. The predicted molar refractivity (Wildman–Crippen MR) is 145 cm³/mol. The smallest absolute Gasteiger partial charge is 0.269 e. The highest BCUT2D eigenvalue weighted by atomic mass is 16.6. The van der Waals surface area contributed by atoms with Crippen molar-refractivity contribution in [1.29, 1.82) is 0 Å². The number of benzene rings is 2. The highest BCUT2D eigenvalue weighted by Crippen LogP contribution is 2.33. The van der Waals surface area contributed by atoms with Crippen LogP contribution in [0.2, 0.25) is 0 Å². The highest BCUT2D eigenvalue weighted by molar-refractivity contribution is 5.93. The van der Waals surface area contributed by atoms with Gasteiger partial charge in [-0.1, -0.05) is 51.1 Å². The van der Waals surface area contributed by atoms with E-state index in [0.717, 1.165) is 28.0 Å². The fourth-order valence-electron chi connectivity index (χ4n) is 4.39. The van der Waals surface area contributed by atoms with Gasteiger partial charge in [0.15, 0.2) is 0 Å². The van der Waals surface area contributed by atoms with E-state index in [1.54, 1.807) is 23.1 Å². The second kappa shape index (κ2) is 9.16. The Labute approximate surface area is 215 Å². The van der Waals surface area contributed by atoms with Crippen LogP contribution in [0.15, 0.2) is 67.0 Å². The molecule has 9 nitrogen and oxygen atoms in total. The van der Waals surface area contributed by atoms with Gasteiger partial charge in [0.25, 0.3) is 5.69 Å². The Morgan fingerprint density at radius 1 is 1.00 bits per heavy atom. The number of non-ortho nitro benzene ring substituents is 1. The van der Waals surface area contributed by atoms with Gasteiger partial charge in [-0.15, -0.1) is 0 Å². The van der Waals surface area contributed by atoms with E-state index in [4.69, 9.17) is 5.10 Å². The summed E-state index contributed by atoms with van der Waals surface area (Å²) < 4.78 is 3.97. The molecule has 0 saturated carbocycles. The van der Waals surface area contributed by atoms with Crippen LogP contribution < -0.4 is 5.32 Å². The lowest BCUT2D eigenvalue weighted by molar-refractivity contribution is -0.384. The Balaban J connectivity index is 1.60. The van der Waals surface area contributed by atoms with E-state index >= 15 is 0 Å². The fraction of sp³-hybridized carbons (Fsp3) is 0.250. The van der Waals surface area contributed by atoms with Crippen molar-refractivity contribution < 1.29 is 4.92 Å². The Hall–Kier alpha value is -4.53. The number of aromatic nitrogens is 5. The molecule has 1 N–H and O–H groups in total. The van der Waals surface area contributed by atoms with Gasteiger partial charge in [-0.2, -0.15) is 5.10 Å². The van der Waals surface area contributed by atoms with E-state index in [9.17, 15) is 10.1 Å². The second-order valence-corrected chi connectivity index (χ2v) is 10.2. The zero-order valence-electron chi connectivity index (χ0n) is 21.6. The summed E-state index contributed by atoms with van der Waals surface area (Å²) in [5.74, 6) is 1.40. The minimum atomic E-state index is -0.407. The van der Waals surface area contributed by atoms with Crippen LogP contribution in [0.3, 0.4) is 0 Å². The number of aryl methyl sites for hydroxylation is 1. The number of nitro groups is 1. The summed E-state index contributed by atoms with van der Waals surface area (Å²) in [6.07, 6.45) is 1.57. The lowest BCUT2D eigenvalue weighted by atomic mass is 9.92. The van der Waals surface area contributed by atoms with E-state index in [0.29, 0.717) is 23.9 Å². The summed E-state index contributed by atoms with van der Waals surface area (Å²) in [7, 11) is 0. The molecule has 3 aromatic heterocycles. The Morgan fingerprint density at radius 3 is 2.35 bits per heavy atom. The van der Waals surface area contributed by atoms with E-state index in [2.05, 4.69) is 66.6 Å². The van der Waals surface area contributed by atoms with Crippen LogP contribution in [0, 0.1) is 24.0 Å². The van der Waals surface area contributed by atoms with Gasteiger partial charge in [0.2, 0.25) is 0 Å². The molecule has 0 bridgehead atoms. The molecular weight excluding hydrogens is 466 g/mol. The van der Waals surface area contributed by atoms with Crippen molar-refractivity contribution in [3.05, 3.63) is 99.6 Å². The molecular formula is C28H29N7O2. The zero-order chi connectivity index (χ0) is 26.3. The molecule has 0 spiro atoms. The molecule has 0 aliphatic heterocycles. The third-order valence-electron chi connectivity index (χ3n) is 6.62. The zero-order valence-corrected chi connectivity index (χ0v) is 21.6. The van der Waals surface area contributed by atoms with Crippen molar-refractivity contribution in [1.82, 2.24) is 24.3 Å². The van der Waals surface area contributed by atoms with Crippen LogP contribution in [0.4, 0.5) is 17.3 Å². The Morgan fingerprint density at radius 2 is 1.70 bits per heavy atom. The molecule has 0 aliphatic carbocycles. The van der Waals surface area contributed by atoms with E-state index in [1.807, 2.05) is 24.3 Å². The van der Waals surface area contributed by atoms with Crippen molar-refractivity contribution in [2.24, 2.45) is 0 Å². The number of nitrogens with one attached hydrogen (secondary N) is 1. The predicted octanol–water partition coefficient (Wildman–Crippen LogP) is 6.23. The topological polar surface area (TPSA) is 104 Å². The lowest BCUT2D eigenvalue weighted by Crippen LogP contribution is -2.12. The molecule has 0 radical (unpaired) electrons. The van der Waals surface area contributed by atoms with E-state index in [1.165, 1.54) is 17.7 Å². The van der Waals surface area contributed by atoms with Crippen molar-refractivity contribution in [2.75, 3.05) is 5.32 Å². The molecule has 0 aliphatic rings. The molecule has 3 heterocycles. The molecule has 0 saturated heterocycles. The Kier molecular flexibility index (Phi) is 5.99. The fourth-order valence-corrected chi connectivity index (χ4v) is 4.39. The number of hydrogen-bond donors (Lipinski definition) is 1. The second-order valence-electron chi connectivity index (χ2n) is 10.2. The normalized spacial score (nSPS) is 11.7. The van der Waals surface area contributed by atoms with Crippen LogP contribution in [0.5, 0.6) is 0 Å². The van der Waals surface area contributed by atoms with Crippen LogP contribution in [0.1, 0.15) is 43.3 Å². The van der Waals surface area contributed by atoms with Crippen LogP contribution >= 0.6 is 0 Å². The number of rotatable bonds is 6. The molecule has 0 amide bonds. The highest BCUT2D eigenvalue weighted by Gasteiger charge is 2.23. The number of hydrogen-bond acceptors (Lipinski definition) is 6. The summed E-state index contributed by atoms with van der Waals surface area (Å²) in [5, 5.41) is 20.4. The van der Waals surface area contributed by atoms with Crippen LogP contribution in [-0.4, -0.2) is 29.2 Å². The number of fused-ring (bicyclic) bond motifs is 1. The largest absolute Gasteiger partial charge is 0.325 e. The first-order chi connectivity index (χ1) is 17.6. The minimum absolute atomic E-state index is 0.0322. The van der Waals surface area contributed by atoms with Gasteiger partial charge in [-0.25, -0.2) is 14.6 Å². The maximum Gasteiger partial charge on any atom is 0.269 e. The standard InChI is InChI=1S/C28H29N7O2/c1-18-19(2)33(16-20-9-7-6-8-10-20)27-25(18)26(29-17-30-27)31-24-15-23(28(3,4)5)32-34(24)21-11-13-22(14-12-21)35(36)37/h6-15,17H,16H2,1-5H3,(H,29,30,31). The maximum absolute atomic E-state index is 11.1. The first kappa shape index (κ1) is 24.2. The molecule has 2 aromatic carbocycles. The van der Waals surface area contributed by atoms with Gasteiger partial charge in [-0.3, -0.25) is 10.1 Å². The van der Waals surface area contributed by atoms with Gasteiger partial charge >= 0.3 is 0 Å². The molecule has 37 heavy (non-hydrogen) atoms. The van der Waals surface area contributed by atoms with Crippen LogP contribution in [-0.2, 0) is 12.0 Å². The first-order valence-corrected chi connectivity index (χ1v) is 12.1. The monoisotopic (exact) mass is 495 g/mol. The molecule has 0 fully saturated rings. The summed E-state index contributed by atoms with van der Waals surface area (Å²) in [6, 6.07) is 18.7. The van der Waals surface area contributed by atoms with E-state index < -0.39 is 4.92 Å². The summed E-state index contributed by atoms with van der Waals surface area (Å²) >= 11 is 0. The average Bonchev–Trinajstić information content (AvgIpc) is 3.41. The maximum atomic E-state index is 11.1. The minimum Gasteiger partial charge on any atom is -0.325 e. The van der Waals surface area contributed by atoms with Crippen LogP contribution in [0.25, 0.3) is 16.7 Å². The number of nitro benzene ring substituents is 1. The third-order valence-corrected chi connectivity index (χ3v) is 6.62. The molecule has 5 aromatic rings. The summed E-state index contributed by atoms with van der Waals surface area (Å²) in [6.45, 7) is 11.2. The van der Waals surface area contributed by atoms with Crippen molar-refractivity contribution >= 4 is 28.4 Å². The summed E-state index contributed by atoms with van der Waals surface area (Å²) in [4.78, 5) is 20.0. The van der Waals surface area contributed by atoms with Gasteiger partial charge in [0.1, 0.15) is 23.6 Å². The third kappa shape index (κ3) is 4.55. The van der Waals surface area contributed by atoms with E-state index in [-0.39, 0.29) is 11.1 Å². The molecule has 188 valence electrons. The first-order valence-electron chi connectivity index (χ1n) is 12.1. The van der Waals surface area contributed by atoms with Crippen molar-refractivity contribution in [3.8, 4) is 5.69 Å². The van der Waals surface area contributed by atoms with Gasteiger partial charge in [0.05, 0.1) is 21.7 Å². The number of nitrogens with zero attached hydrogens (tertiary/aromatic N) is 6. The van der Waals surface area contributed by atoms with Crippen molar-refractivity contribution in [3.63, 3.8) is 0 Å². The number of anilines is 2. The van der Waals surface area contributed by atoms with Gasteiger partial charge in [-0.05, 0) is 37.1 Å². The Bertz CT molecular complexity index is 1590. The molecule has 0 unspecified atom stereocenters. The van der Waals surface area contributed by atoms with Crippen molar-refractivity contribution in [2.45, 2.75) is 46.6 Å². The molecule has 0 atom stereocenters. The SMILES string of the molecule is Cc1c(C)n(Cc2ccccc2)c2ncnc(Nc3cc(C(C)(C)C)nn3-c3ccc([N+](=O)[O-])cc3)c12. The summed E-state index contributed by atoms with van der Waals surface area (Å²) in [5.41, 5.74) is 5.71. The quantitative estimate of drug-likeness (QED) is 0.221. The van der Waals surface area contributed by atoms with Gasteiger partial charge in [0, 0.05) is 35.9 Å². The molecule has 5 rings (SSSR count). The molecule has 9 heteroatoms. The van der Waals surface area contributed by atoms with Gasteiger partial charge < -0.3 is 9.88 Å².